The van der Waals surface area contributed by atoms with Gasteiger partial charge < -0.3 is 9.32 Å². The molecule has 4 nitrogen and oxygen atoms in total. The van der Waals surface area contributed by atoms with Crippen molar-refractivity contribution in [1.29, 1.82) is 0 Å². The molecule has 0 aliphatic heterocycles. The maximum Gasteiger partial charge on any atom is 0.223 e. The highest BCUT2D eigenvalue weighted by Crippen LogP contribution is 2.33. The van der Waals surface area contributed by atoms with E-state index in [-0.39, 0.29) is 5.91 Å². The van der Waals surface area contributed by atoms with E-state index in [1.54, 1.807) is 16.2 Å². The van der Waals surface area contributed by atoms with E-state index in [1.165, 1.54) is 0 Å². The number of hydrogen-bond acceptors (Lipinski definition) is 4. The fourth-order valence-corrected chi connectivity index (χ4v) is 4.75. The van der Waals surface area contributed by atoms with E-state index >= 15 is 0 Å². The first kappa shape index (κ1) is 20.6. The number of nitrogens with zero attached hydrogens (tertiary/aromatic N) is 2. The van der Waals surface area contributed by atoms with Gasteiger partial charge in [0.15, 0.2) is 11.7 Å². The van der Waals surface area contributed by atoms with E-state index in [0.717, 1.165) is 31.2 Å². The van der Waals surface area contributed by atoms with Gasteiger partial charge in [-0.15, -0.1) is 11.3 Å². The van der Waals surface area contributed by atoms with Crippen LogP contribution in [0.5, 0.6) is 0 Å². The molecule has 0 fully saturated rings. The van der Waals surface area contributed by atoms with Crippen molar-refractivity contribution in [1.82, 2.24) is 9.88 Å². The zero-order chi connectivity index (χ0) is 20.9. The van der Waals surface area contributed by atoms with Crippen molar-refractivity contribution in [2.24, 2.45) is 0 Å². The van der Waals surface area contributed by atoms with Gasteiger partial charge in [0.1, 0.15) is 5.69 Å². The fraction of sp³-hybridized carbons (Fsp3) is 0.167. The van der Waals surface area contributed by atoms with Crippen molar-refractivity contribution >= 4 is 33.2 Å². The molecule has 1 amide bonds. The zero-order valence-electron chi connectivity index (χ0n) is 16.5. The number of benzene rings is 2. The first-order chi connectivity index (χ1) is 14.6. The molecule has 0 bridgehead atoms. The van der Waals surface area contributed by atoms with E-state index < -0.39 is 0 Å². The quantitative estimate of drug-likeness (QED) is 0.306. The van der Waals surface area contributed by atoms with Crippen LogP contribution in [0.4, 0.5) is 0 Å². The van der Waals surface area contributed by atoms with Gasteiger partial charge in [0, 0.05) is 35.9 Å². The van der Waals surface area contributed by atoms with Crippen molar-refractivity contribution in [3.63, 3.8) is 0 Å². The molecule has 2 aromatic carbocycles. The van der Waals surface area contributed by atoms with Gasteiger partial charge in [0.05, 0.1) is 10.3 Å². The van der Waals surface area contributed by atoms with Crippen LogP contribution >= 0.6 is 27.3 Å². The number of carbonyl (C=O) groups excluding carboxylic acids is 1. The van der Waals surface area contributed by atoms with Crippen LogP contribution in [-0.4, -0.2) is 22.8 Å². The Balaban J connectivity index is 1.50. The molecule has 6 heteroatoms. The molecule has 0 atom stereocenters. The van der Waals surface area contributed by atoms with Crippen molar-refractivity contribution in [3.8, 4) is 22.6 Å². The Hall–Kier alpha value is -2.70. The van der Waals surface area contributed by atoms with Gasteiger partial charge in [-0.1, -0.05) is 60.7 Å². The van der Waals surface area contributed by atoms with Gasteiger partial charge in [-0.25, -0.2) is 4.98 Å². The number of halogens is 1. The molecule has 0 unspecified atom stereocenters. The van der Waals surface area contributed by atoms with Crippen LogP contribution in [0, 0.1) is 0 Å². The summed E-state index contributed by atoms with van der Waals surface area (Å²) in [6.07, 6.45) is 0.815. The third-order valence-electron chi connectivity index (χ3n) is 4.76. The minimum Gasteiger partial charge on any atom is -0.440 e. The highest BCUT2D eigenvalue weighted by Gasteiger charge is 2.18. The van der Waals surface area contributed by atoms with Gasteiger partial charge >= 0.3 is 0 Å². The minimum atomic E-state index is 0.0697. The SMILES string of the molecule is CN(Cc1ccc(Br)s1)C(=O)CCc1nc(-c2ccccc2)c(-c2ccccc2)o1. The summed E-state index contributed by atoms with van der Waals surface area (Å²) in [5, 5.41) is 0. The number of rotatable bonds is 7. The number of oxazole rings is 1. The molecule has 30 heavy (non-hydrogen) atoms. The smallest absolute Gasteiger partial charge is 0.223 e. The second kappa shape index (κ2) is 9.41. The topological polar surface area (TPSA) is 46.3 Å². The normalized spacial score (nSPS) is 10.9. The largest absolute Gasteiger partial charge is 0.440 e. The molecule has 152 valence electrons. The maximum atomic E-state index is 12.6. The number of carbonyl (C=O) groups is 1. The third-order valence-corrected chi connectivity index (χ3v) is 6.36. The summed E-state index contributed by atoms with van der Waals surface area (Å²) in [5.41, 5.74) is 2.78. The third kappa shape index (κ3) is 4.89. The van der Waals surface area contributed by atoms with E-state index in [2.05, 4.69) is 15.9 Å². The summed E-state index contributed by atoms with van der Waals surface area (Å²) in [6.45, 7) is 0.602. The highest BCUT2D eigenvalue weighted by atomic mass is 79.9. The second-order valence-electron chi connectivity index (χ2n) is 6.97. The summed E-state index contributed by atoms with van der Waals surface area (Å²) in [7, 11) is 1.83. The number of amides is 1. The van der Waals surface area contributed by atoms with E-state index in [0.29, 0.717) is 25.3 Å². The van der Waals surface area contributed by atoms with Gasteiger partial charge in [0.25, 0.3) is 0 Å². The monoisotopic (exact) mass is 480 g/mol. The van der Waals surface area contributed by atoms with E-state index in [9.17, 15) is 4.79 Å². The Morgan fingerprint density at radius 1 is 1.00 bits per heavy atom. The van der Waals surface area contributed by atoms with Crippen molar-refractivity contribution in [2.75, 3.05) is 7.05 Å². The molecule has 0 aliphatic rings. The minimum absolute atomic E-state index is 0.0697. The number of thiophene rings is 1. The summed E-state index contributed by atoms with van der Waals surface area (Å²) in [4.78, 5) is 20.2. The maximum absolute atomic E-state index is 12.6. The Morgan fingerprint density at radius 3 is 2.30 bits per heavy atom. The molecule has 0 saturated carbocycles. The van der Waals surface area contributed by atoms with Gasteiger partial charge in [0.2, 0.25) is 5.91 Å². The van der Waals surface area contributed by atoms with Crippen LogP contribution in [0.1, 0.15) is 17.2 Å². The lowest BCUT2D eigenvalue weighted by Crippen LogP contribution is -2.26. The van der Waals surface area contributed by atoms with Gasteiger partial charge in [-0.2, -0.15) is 0 Å². The molecular formula is C24H21BrN2O2S. The predicted octanol–water partition coefficient (Wildman–Crippen LogP) is 6.42. The van der Waals surface area contributed by atoms with Gasteiger partial charge in [-0.3, -0.25) is 4.79 Å². The summed E-state index contributed by atoms with van der Waals surface area (Å²) < 4.78 is 7.19. The van der Waals surface area contributed by atoms with Crippen LogP contribution in [0.3, 0.4) is 0 Å². The molecule has 0 aliphatic carbocycles. The van der Waals surface area contributed by atoms with Crippen LogP contribution in [-0.2, 0) is 17.8 Å². The predicted molar refractivity (Wildman–Crippen MR) is 124 cm³/mol. The number of aryl methyl sites for hydroxylation is 1. The van der Waals surface area contributed by atoms with E-state index in [4.69, 9.17) is 9.40 Å². The molecule has 2 heterocycles. The molecule has 0 N–H and O–H groups in total. The summed E-state index contributed by atoms with van der Waals surface area (Å²) >= 11 is 5.10. The first-order valence-corrected chi connectivity index (χ1v) is 11.3. The molecule has 0 saturated heterocycles. The molecule has 0 radical (unpaired) electrons. The summed E-state index contributed by atoms with van der Waals surface area (Å²) in [6, 6.07) is 24.0. The first-order valence-electron chi connectivity index (χ1n) is 9.69. The van der Waals surface area contributed by atoms with Crippen molar-refractivity contribution in [3.05, 3.63) is 87.4 Å². The average Bonchev–Trinajstić information content (AvgIpc) is 3.39. The molecule has 0 spiro atoms. The average molecular weight is 481 g/mol. The number of aromatic nitrogens is 1. The molecule has 4 aromatic rings. The molecule has 4 rings (SSSR count). The lowest BCUT2D eigenvalue weighted by Gasteiger charge is -2.15. The molecule has 2 aromatic heterocycles. The Bertz CT molecular complexity index is 1070. The van der Waals surface area contributed by atoms with Crippen molar-refractivity contribution in [2.45, 2.75) is 19.4 Å². The molecular weight excluding hydrogens is 460 g/mol. The lowest BCUT2D eigenvalue weighted by atomic mass is 10.1. The van der Waals surface area contributed by atoms with E-state index in [1.807, 2.05) is 79.8 Å². The fourth-order valence-electron chi connectivity index (χ4n) is 3.21. The highest BCUT2D eigenvalue weighted by molar-refractivity contribution is 9.11. The second-order valence-corrected chi connectivity index (χ2v) is 9.52. The number of hydrogen-bond donors (Lipinski definition) is 0. The van der Waals surface area contributed by atoms with Crippen LogP contribution < -0.4 is 0 Å². The van der Waals surface area contributed by atoms with Crippen LogP contribution in [0.25, 0.3) is 22.6 Å². The van der Waals surface area contributed by atoms with Crippen LogP contribution in [0.2, 0.25) is 0 Å². The van der Waals surface area contributed by atoms with Crippen molar-refractivity contribution < 1.29 is 9.21 Å². The Kier molecular flexibility index (Phi) is 6.45. The lowest BCUT2D eigenvalue weighted by molar-refractivity contribution is -0.130. The Labute approximate surface area is 188 Å². The zero-order valence-corrected chi connectivity index (χ0v) is 18.9. The van der Waals surface area contributed by atoms with Gasteiger partial charge in [-0.05, 0) is 28.1 Å². The standard InChI is InChI=1S/C24H21BrN2O2S/c1-27(16-19-12-13-20(25)30-19)22(28)15-14-21-26-23(17-8-4-2-5-9-17)24(29-21)18-10-6-3-7-11-18/h2-13H,14-16H2,1H3. The summed E-state index contributed by atoms with van der Waals surface area (Å²) in [5.74, 6) is 1.38. The van der Waals surface area contributed by atoms with Crippen LogP contribution in [0.15, 0.2) is 81.0 Å². The Morgan fingerprint density at radius 2 is 1.67 bits per heavy atom.